The fraction of sp³-hybridized carbons (Fsp3) is 0.333. The van der Waals surface area contributed by atoms with E-state index in [1.807, 2.05) is 0 Å². The Hall–Kier alpha value is -2.47. The molecule has 0 bridgehead atoms. The predicted octanol–water partition coefficient (Wildman–Crippen LogP) is 1.87. The fourth-order valence-electron chi connectivity index (χ4n) is 3.12. The molecule has 24 heavy (non-hydrogen) atoms. The summed E-state index contributed by atoms with van der Waals surface area (Å²) >= 11 is 0. The minimum Gasteiger partial charge on any atom is -0.391 e. The third-order valence-electron chi connectivity index (χ3n) is 4.52. The number of carbonyl (C=O) groups excluding carboxylic acids is 1. The summed E-state index contributed by atoms with van der Waals surface area (Å²) in [5.41, 5.74) is 6.69. The lowest BCUT2D eigenvalue weighted by Gasteiger charge is -2.36. The Labute approximate surface area is 139 Å². The van der Waals surface area contributed by atoms with Crippen molar-refractivity contribution in [2.45, 2.75) is 18.9 Å². The second-order valence-corrected chi connectivity index (χ2v) is 6.10. The molecule has 2 aromatic rings. The van der Waals surface area contributed by atoms with Crippen molar-refractivity contribution < 1.29 is 14.3 Å². The van der Waals surface area contributed by atoms with E-state index < -0.39 is 6.10 Å². The van der Waals surface area contributed by atoms with Crippen LogP contribution in [0.1, 0.15) is 22.3 Å². The van der Waals surface area contributed by atoms with E-state index in [0.717, 1.165) is 0 Å². The molecule has 6 heteroatoms. The number of aliphatic hydroxyl groups is 1. The van der Waals surface area contributed by atoms with Gasteiger partial charge in [0.1, 0.15) is 11.6 Å². The van der Waals surface area contributed by atoms with Crippen LogP contribution in [0.4, 0.5) is 10.2 Å². The van der Waals surface area contributed by atoms with Gasteiger partial charge in [-0.15, -0.1) is 0 Å². The number of nitrogens with zero attached hydrogens (tertiary/aromatic N) is 2. The fourth-order valence-corrected chi connectivity index (χ4v) is 3.12. The number of carbonyl (C=O) groups is 1. The Morgan fingerprint density at radius 3 is 2.83 bits per heavy atom. The Kier molecular flexibility index (Phi) is 4.76. The molecule has 1 aliphatic heterocycles. The summed E-state index contributed by atoms with van der Waals surface area (Å²) in [5, 5.41) is 10.4. The minimum absolute atomic E-state index is 0.0720. The summed E-state index contributed by atoms with van der Waals surface area (Å²) in [6.07, 6.45) is 1.91. The van der Waals surface area contributed by atoms with Gasteiger partial charge in [0.2, 0.25) is 0 Å². The number of aromatic nitrogens is 1. The van der Waals surface area contributed by atoms with Gasteiger partial charge in [-0.25, -0.2) is 9.37 Å². The molecule has 0 saturated carbocycles. The number of β-amino-alcohol motifs (C(OH)–C–C–N with tert-alkyl or cyclic N) is 1. The number of piperidine rings is 1. The number of nitrogens with two attached hydrogens (primary N) is 1. The summed E-state index contributed by atoms with van der Waals surface area (Å²) in [6.45, 7) is 0.718. The van der Waals surface area contributed by atoms with Gasteiger partial charge < -0.3 is 15.7 Å². The van der Waals surface area contributed by atoms with Crippen LogP contribution in [0, 0.1) is 11.7 Å². The van der Waals surface area contributed by atoms with Crippen molar-refractivity contribution >= 4 is 11.7 Å². The van der Waals surface area contributed by atoms with Crippen molar-refractivity contribution in [1.82, 2.24) is 9.88 Å². The monoisotopic (exact) mass is 329 g/mol. The Balaban J connectivity index is 1.66. The van der Waals surface area contributed by atoms with Crippen LogP contribution in [0.3, 0.4) is 0 Å². The van der Waals surface area contributed by atoms with Crippen LogP contribution in [-0.4, -0.2) is 40.1 Å². The van der Waals surface area contributed by atoms with Gasteiger partial charge in [-0.3, -0.25) is 4.79 Å². The summed E-state index contributed by atoms with van der Waals surface area (Å²) in [7, 11) is 0. The zero-order chi connectivity index (χ0) is 17.1. The van der Waals surface area contributed by atoms with Crippen LogP contribution in [0.15, 0.2) is 42.6 Å². The number of nitrogen functional groups attached to an aromatic ring is 1. The molecule has 3 rings (SSSR count). The van der Waals surface area contributed by atoms with Crippen molar-refractivity contribution in [2.24, 2.45) is 5.92 Å². The molecule has 0 spiro atoms. The summed E-state index contributed by atoms with van der Waals surface area (Å²) in [6, 6.07) is 9.87. The first-order valence-corrected chi connectivity index (χ1v) is 7.97. The largest absolute Gasteiger partial charge is 0.391 e. The normalized spacial score (nSPS) is 20.8. The van der Waals surface area contributed by atoms with E-state index in [2.05, 4.69) is 4.98 Å². The van der Waals surface area contributed by atoms with Crippen LogP contribution in [-0.2, 0) is 6.42 Å². The topological polar surface area (TPSA) is 79.5 Å². The van der Waals surface area contributed by atoms with Crippen molar-refractivity contribution in [3.05, 3.63) is 59.5 Å². The highest BCUT2D eigenvalue weighted by molar-refractivity contribution is 5.98. The smallest absolute Gasteiger partial charge is 0.257 e. The number of rotatable bonds is 3. The van der Waals surface area contributed by atoms with Crippen LogP contribution in [0.2, 0.25) is 0 Å². The third-order valence-corrected chi connectivity index (χ3v) is 4.52. The highest BCUT2D eigenvalue weighted by Crippen LogP contribution is 2.25. The van der Waals surface area contributed by atoms with E-state index in [0.29, 0.717) is 30.5 Å². The number of hydrogen-bond donors (Lipinski definition) is 2. The molecule has 1 aromatic heterocycles. The number of likely N-dealkylation sites (tertiary alicyclic amines) is 1. The molecular weight excluding hydrogens is 309 g/mol. The molecule has 5 nitrogen and oxygen atoms in total. The Morgan fingerprint density at radius 1 is 1.33 bits per heavy atom. The lowest BCUT2D eigenvalue weighted by atomic mass is 9.87. The van der Waals surface area contributed by atoms with E-state index in [4.69, 9.17) is 5.73 Å². The molecule has 2 atom stereocenters. The van der Waals surface area contributed by atoms with Crippen LogP contribution >= 0.6 is 0 Å². The second kappa shape index (κ2) is 6.97. The molecule has 1 aliphatic rings. The van der Waals surface area contributed by atoms with Gasteiger partial charge in [0, 0.05) is 19.3 Å². The average Bonchev–Trinajstić information content (AvgIpc) is 2.58. The number of amides is 1. The van der Waals surface area contributed by atoms with Gasteiger partial charge in [0.15, 0.2) is 0 Å². The maximum absolute atomic E-state index is 13.8. The lowest BCUT2D eigenvalue weighted by molar-refractivity contribution is 0.0196. The summed E-state index contributed by atoms with van der Waals surface area (Å²) in [5.74, 6) is -0.377. The second-order valence-electron chi connectivity index (χ2n) is 6.10. The molecule has 126 valence electrons. The molecule has 1 aromatic carbocycles. The van der Waals surface area contributed by atoms with Gasteiger partial charge >= 0.3 is 0 Å². The van der Waals surface area contributed by atoms with E-state index in [1.54, 1.807) is 35.2 Å². The predicted molar refractivity (Wildman–Crippen MR) is 88.8 cm³/mol. The minimum atomic E-state index is -0.694. The van der Waals surface area contributed by atoms with Gasteiger partial charge in [-0.1, -0.05) is 18.2 Å². The Bertz CT molecular complexity index is 738. The number of aliphatic hydroxyl groups excluding tert-OH is 1. The average molecular weight is 329 g/mol. The SMILES string of the molecule is Nc1ncccc1C(=O)N1CC[C@H](Cc2ccccc2F)[C@H](O)C1. The Morgan fingerprint density at radius 2 is 2.12 bits per heavy atom. The van der Waals surface area contributed by atoms with Crippen LogP contribution < -0.4 is 5.73 Å². The maximum Gasteiger partial charge on any atom is 0.257 e. The van der Waals surface area contributed by atoms with E-state index >= 15 is 0 Å². The summed E-state index contributed by atoms with van der Waals surface area (Å²) < 4.78 is 13.8. The lowest BCUT2D eigenvalue weighted by Crippen LogP contribution is -2.47. The van der Waals surface area contributed by atoms with Gasteiger partial charge in [-0.2, -0.15) is 0 Å². The molecular formula is C18H20FN3O2. The molecule has 0 unspecified atom stereocenters. The maximum atomic E-state index is 13.8. The number of benzene rings is 1. The molecule has 3 N–H and O–H groups in total. The molecule has 1 fully saturated rings. The molecule has 0 aliphatic carbocycles. The van der Waals surface area contributed by atoms with E-state index in [-0.39, 0.29) is 30.0 Å². The highest BCUT2D eigenvalue weighted by Gasteiger charge is 2.31. The quantitative estimate of drug-likeness (QED) is 0.901. The van der Waals surface area contributed by atoms with Crippen molar-refractivity contribution in [2.75, 3.05) is 18.8 Å². The number of anilines is 1. The van der Waals surface area contributed by atoms with Gasteiger partial charge in [0.05, 0.1) is 11.7 Å². The van der Waals surface area contributed by atoms with Crippen molar-refractivity contribution in [3.8, 4) is 0 Å². The van der Waals surface area contributed by atoms with Gasteiger partial charge in [-0.05, 0) is 42.5 Å². The number of halogens is 1. The molecule has 2 heterocycles. The van der Waals surface area contributed by atoms with E-state index in [1.165, 1.54) is 12.3 Å². The summed E-state index contributed by atoms with van der Waals surface area (Å²) in [4.78, 5) is 18.0. The van der Waals surface area contributed by atoms with Crippen molar-refractivity contribution in [1.29, 1.82) is 0 Å². The highest BCUT2D eigenvalue weighted by atomic mass is 19.1. The van der Waals surface area contributed by atoms with Gasteiger partial charge in [0.25, 0.3) is 5.91 Å². The number of pyridine rings is 1. The standard InChI is InChI=1S/C18H20FN3O2/c19-15-6-2-1-4-12(15)10-13-7-9-22(11-16(13)23)18(24)14-5-3-8-21-17(14)20/h1-6,8,13,16,23H,7,9-11H2,(H2,20,21)/t13-,16-/m1/s1. The van der Waals surface area contributed by atoms with Crippen molar-refractivity contribution in [3.63, 3.8) is 0 Å². The number of hydrogen-bond acceptors (Lipinski definition) is 4. The first-order valence-electron chi connectivity index (χ1n) is 7.97. The van der Waals surface area contributed by atoms with Crippen LogP contribution in [0.25, 0.3) is 0 Å². The van der Waals surface area contributed by atoms with Crippen LogP contribution in [0.5, 0.6) is 0 Å². The third kappa shape index (κ3) is 3.38. The first kappa shape index (κ1) is 16.4. The zero-order valence-corrected chi connectivity index (χ0v) is 13.2. The first-order chi connectivity index (χ1) is 11.6. The molecule has 1 amide bonds. The molecule has 0 radical (unpaired) electrons. The zero-order valence-electron chi connectivity index (χ0n) is 13.2. The van der Waals surface area contributed by atoms with E-state index in [9.17, 15) is 14.3 Å². The molecule has 1 saturated heterocycles.